The smallest absolute Gasteiger partial charge is 0.210 e. The first-order valence-corrected chi connectivity index (χ1v) is 13.0. The van der Waals surface area contributed by atoms with Crippen LogP contribution in [0.3, 0.4) is 0 Å². The maximum atomic E-state index is 10.6. The Balaban J connectivity index is 0.000000274. The summed E-state index contributed by atoms with van der Waals surface area (Å²) in [7, 11) is 2.24. The monoisotopic (exact) mass is 499 g/mol. The zero-order valence-corrected chi connectivity index (χ0v) is 23.5. The van der Waals surface area contributed by atoms with Crippen molar-refractivity contribution in [1.82, 2.24) is 14.7 Å². The number of benzene rings is 1. The van der Waals surface area contributed by atoms with Crippen LogP contribution < -0.4 is 0 Å². The maximum absolute atomic E-state index is 10.6. The molecule has 5 heteroatoms. The van der Waals surface area contributed by atoms with E-state index < -0.39 is 0 Å². The molecule has 1 aliphatic carbocycles. The molecule has 0 spiro atoms. The molecule has 194 valence electrons. The molecule has 1 aromatic carbocycles. The molecule has 4 nitrogen and oxygen atoms in total. The first-order valence-electron chi connectivity index (χ1n) is 12.6. The SMILES string of the molecule is C/C=C/CN(C)C1CCC(C)C1.C=C(C)/C(=C/C)N1CCN(C=O)CC1=C.Cc1ccccc1Cl. The summed E-state index contributed by atoms with van der Waals surface area (Å²) < 4.78 is 0. The van der Waals surface area contributed by atoms with E-state index in [-0.39, 0.29) is 0 Å². The van der Waals surface area contributed by atoms with Gasteiger partial charge in [-0.1, -0.05) is 68.1 Å². The lowest BCUT2D eigenvalue weighted by Gasteiger charge is -2.37. The van der Waals surface area contributed by atoms with E-state index in [2.05, 4.69) is 56.0 Å². The van der Waals surface area contributed by atoms with E-state index >= 15 is 0 Å². The molecule has 2 unspecified atom stereocenters. The molecule has 1 saturated heterocycles. The molecule has 1 aromatic rings. The highest BCUT2D eigenvalue weighted by atomic mass is 35.5. The molecule has 1 saturated carbocycles. The van der Waals surface area contributed by atoms with Crippen LogP contribution in [0.4, 0.5) is 0 Å². The summed E-state index contributed by atoms with van der Waals surface area (Å²) in [6.07, 6.45) is 11.5. The second kappa shape index (κ2) is 16.4. The summed E-state index contributed by atoms with van der Waals surface area (Å²) in [5.41, 5.74) is 4.21. The molecule has 1 heterocycles. The van der Waals surface area contributed by atoms with Gasteiger partial charge in [-0.3, -0.25) is 9.69 Å². The van der Waals surface area contributed by atoms with E-state index in [0.29, 0.717) is 6.54 Å². The van der Waals surface area contributed by atoms with Crippen LogP contribution in [0, 0.1) is 12.8 Å². The lowest BCUT2D eigenvalue weighted by molar-refractivity contribution is -0.118. The lowest BCUT2D eigenvalue weighted by atomic mass is 10.1. The van der Waals surface area contributed by atoms with E-state index in [1.165, 1.54) is 19.3 Å². The van der Waals surface area contributed by atoms with E-state index in [0.717, 1.165) is 65.6 Å². The number of nitrogens with zero attached hydrogens (tertiary/aromatic N) is 3. The number of aryl methyl sites for hydroxylation is 1. The third kappa shape index (κ3) is 10.9. The van der Waals surface area contributed by atoms with Gasteiger partial charge >= 0.3 is 0 Å². The summed E-state index contributed by atoms with van der Waals surface area (Å²) in [6, 6.07) is 8.62. The first kappa shape index (κ1) is 30.7. The lowest BCUT2D eigenvalue weighted by Crippen LogP contribution is -2.43. The molecular formula is C30H46ClN3O. The number of hydrogen-bond donors (Lipinski definition) is 0. The number of piperazine rings is 1. The highest BCUT2D eigenvalue weighted by molar-refractivity contribution is 6.31. The number of allylic oxidation sites excluding steroid dienone is 3. The molecule has 2 atom stereocenters. The van der Waals surface area contributed by atoms with Crippen molar-refractivity contribution in [3.05, 3.63) is 83.2 Å². The van der Waals surface area contributed by atoms with E-state index in [9.17, 15) is 4.79 Å². The molecule has 1 amide bonds. The summed E-state index contributed by atoms with van der Waals surface area (Å²) in [6.45, 7) is 21.6. The van der Waals surface area contributed by atoms with Crippen LogP contribution in [0.2, 0.25) is 5.02 Å². The van der Waals surface area contributed by atoms with Gasteiger partial charge in [-0.05, 0) is 77.1 Å². The minimum Gasteiger partial charge on any atom is -0.342 e. The molecular weight excluding hydrogens is 454 g/mol. The fourth-order valence-electron chi connectivity index (χ4n) is 4.35. The standard InChI is InChI=1S/C12H18N2O.C11H21N.C7H7Cl/c1-5-12(10(2)3)14-7-6-13(9-15)8-11(14)4;1-4-5-8-12(3)11-7-6-10(2)9-11;1-6-4-2-3-5-7(6)8/h5,9H,2,4,6-8H2,1,3H3;4-5,10-11H,6-9H2,1-3H3;2-5H,1H3/b12-5-;5-4+;. The third-order valence-electron chi connectivity index (χ3n) is 6.52. The predicted molar refractivity (Wildman–Crippen MR) is 152 cm³/mol. The minimum absolute atomic E-state index is 0.605. The largest absolute Gasteiger partial charge is 0.342 e. The molecule has 2 aliphatic rings. The summed E-state index contributed by atoms with van der Waals surface area (Å²) in [5.74, 6) is 0.947. The Morgan fingerprint density at radius 1 is 1.23 bits per heavy atom. The van der Waals surface area contributed by atoms with Gasteiger partial charge in [0.05, 0.1) is 6.54 Å². The average molecular weight is 500 g/mol. The molecule has 35 heavy (non-hydrogen) atoms. The fraction of sp³-hybridized carbons (Fsp3) is 0.500. The van der Waals surface area contributed by atoms with Gasteiger partial charge in [0.25, 0.3) is 0 Å². The predicted octanol–water partition coefficient (Wildman–Crippen LogP) is 7.09. The quantitative estimate of drug-likeness (QED) is 0.237. The van der Waals surface area contributed by atoms with Gasteiger partial charge < -0.3 is 9.80 Å². The van der Waals surface area contributed by atoms with Gasteiger partial charge in [0.15, 0.2) is 0 Å². The van der Waals surface area contributed by atoms with Crippen molar-refractivity contribution in [2.24, 2.45) is 5.92 Å². The molecule has 1 aliphatic heterocycles. The molecule has 0 N–H and O–H groups in total. The van der Waals surface area contributed by atoms with Crippen LogP contribution in [0.25, 0.3) is 0 Å². The molecule has 0 aromatic heterocycles. The van der Waals surface area contributed by atoms with Crippen molar-refractivity contribution in [3.8, 4) is 0 Å². The Bertz CT molecular complexity index is 855. The minimum atomic E-state index is 0.605. The summed E-state index contributed by atoms with van der Waals surface area (Å²) >= 11 is 5.71. The fourth-order valence-corrected chi connectivity index (χ4v) is 4.48. The number of halogens is 1. The number of carbonyl (C=O) groups excluding carboxylic acids is 1. The molecule has 3 rings (SSSR count). The van der Waals surface area contributed by atoms with Gasteiger partial charge in [-0.25, -0.2) is 0 Å². The van der Waals surface area contributed by atoms with E-state index in [4.69, 9.17) is 11.6 Å². The van der Waals surface area contributed by atoms with Crippen molar-refractivity contribution in [1.29, 1.82) is 0 Å². The molecule has 2 fully saturated rings. The summed E-state index contributed by atoms with van der Waals surface area (Å²) in [4.78, 5) is 16.9. The second-order valence-corrected chi connectivity index (χ2v) is 9.99. The highest BCUT2D eigenvalue weighted by Crippen LogP contribution is 2.27. The van der Waals surface area contributed by atoms with Crippen LogP contribution in [-0.2, 0) is 4.79 Å². The van der Waals surface area contributed by atoms with Crippen LogP contribution >= 0.6 is 11.6 Å². The van der Waals surface area contributed by atoms with Gasteiger partial charge in [-0.15, -0.1) is 0 Å². The number of carbonyl (C=O) groups is 1. The van der Waals surface area contributed by atoms with Crippen molar-refractivity contribution in [3.63, 3.8) is 0 Å². The maximum Gasteiger partial charge on any atom is 0.210 e. The van der Waals surface area contributed by atoms with Crippen LogP contribution in [0.15, 0.2) is 72.6 Å². The normalized spacial score (nSPS) is 20.3. The average Bonchev–Trinajstić information content (AvgIpc) is 3.28. The highest BCUT2D eigenvalue weighted by Gasteiger charge is 2.23. The van der Waals surface area contributed by atoms with Crippen molar-refractivity contribution >= 4 is 18.0 Å². The number of rotatable bonds is 6. The Kier molecular flexibility index (Phi) is 14.4. The third-order valence-corrected chi connectivity index (χ3v) is 6.95. The Hall–Kier alpha value is -2.30. The zero-order valence-electron chi connectivity index (χ0n) is 22.8. The van der Waals surface area contributed by atoms with Crippen molar-refractivity contribution < 1.29 is 4.79 Å². The number of likely N-dealkylation sites (N-methyl/N-ethyl adjacent to an activating group) is 1. The number of hydrogen-bond acceptors (Lipinski definition) is 3. The topological polar surface area (TPSA) is 26.8 Å². The van der Waals surface area contributed by atoms with Gasteiger partial charge in [0, 0.05) is 42.1 Å². The number of amides is 1. The molecule has 0 bridgehead atoms. The second-order valence-electron chi connectivity index (χ2n) is 9.58. The van der Waals surface area contributed by atoms with Crippen molar-refractivity contribution in [2.45, 2.75) is 59.9 Å². The van der Waals surface area contributed by atoms with Gasteiger partial charge in [-0.2, -0.15) is 0 Å². The van der Waals surface area contributed by atoms with Crippen LogP contribution in [-0.4, -0.2) is 60.4 Å². The first-order chi connectivity index (χ1) is 16.6. The zero-order chi connectivity index (χ0) is 26.4. The Labute approximate surface area is 219 Å². The van der Waals surface area contributed by atoms with E-state index in [1.54, 1.807) is 4.90 Å². The van der Waals surface area contributed by atoms with Crippen molar-refractivity contribution in [2.75, 3.05) is 33.2 Å². The molecule has 0 radical (unpaired) electrons. The van der Waals surface area contributed by atoms with Gasteiger partial charge in [0.2, 0.25) is 6.41 Å². The Morgan fingerprint density at radius 3 is 2.34 bits per heavy atom. The summed E-state index contributed by atoms with van der Waals surface area (Å²) in [5, 5.41) is 0.840. The van der Waals surface area contributed by atoms with Gasteiger partial charge in [0.1, 0.15) is 0 Å². The Morgan fingerprint density at radius 2 is 1.91 bits per heavy atom. The van der Waals surface area contributed by atoms with E-state index in [1.807, 2.05) is 51.1 Å². The van der Waals surface area contributed by atoms with Crippen LogP contribution in [0.5, 0.6) is 0 Å². The van der Waals surface area contributed by atoms with Crippen LogP contribution in [0.1, 0.15) is 52.5 Å².